The number of ether oxygens (including phenoxy) is 2. The van der Waals surface area contributed by atoms with E-state index in [1.54, 1.807) is 5.38 Å². The topological polar surface area (TPSA) is 59.0 Å². The standard InChI is InChI=1S/C17H18BrNO4S/c18-14-11-24-16(17(20)21)15(14)23-10-13-3-1-2-12(8-13)9-19-4-6-22-7-5-19/h1-3,8,11H,4-7,9-10H2,(H,20,21). The molecule has 1 saturated heterocycles. The zero-order valence-corrected chi connectivity index (χ0v) is 15.4. The summed E-state index contributed by atoms with van der Waals surface area (Å²) in [6, 6.07) is 8.21. The van der Waals surface area contributed by atoms with Crippen molar-refractivity contribution in [1.82, 2.24) is 4.90 Å². The van der Waals surface area contributed by atoms with Crippen LogP contribution in [0.5, 0.6) is 5.75 Å². The molecule has 1 N–H and O–H groups in total. The Morgan fingerprint density at radius 1 is 1.33 bits per heavy atom. The maximum Gasteiger partial charge on any atom is 0.349 e. The van der Waals surface area contributed by atoms with Gasteiger partial charge in [0, 0.05) is 25.0 Å². The molecular weight excluding hydrogens is 394 g/mol. The summed E-state index contributed by atoms with van der Waals surface area (Å²) in [5.74, 6) is -0.576. The Morgan fingerprint density at radius 3 is 2.83 bits per heavy atom. The number of hydrogen-bond acceptors (Lipinski definition) is 5. The maximum atomic E-state index is 11.2. The highest BCUT2D eigenvalue weighted by Gasteiger charge is 2.18. The van der Waals surface area contributed by atoms with Crippen molar-refractivity contribution in [2.24, 2.45) is 0 Å². The normalized spacial score (nSPS) is 15.4. The lowest BCUT2D eigenvalue weighted by atomic mass is 10.1. The van der Waals surface area contributed by atoms with E-state index < -0.39 is 5.97 Å². The predicted octanol–water partition coefficient (Wildman–Crippen LogP) is 3.62. The third kappa shape index (κ3) is 4.36. The number of benzene rings is 1. The van der Waals surface area contributed by atoms with E-state index in [9.17, 15) is 9.90 Å². The lowest BCUT2D eigenvalue weighted by molar-refractivity contribution is 0.0341. The molecule has 2 heterocycles. The second-order valence-electron chi connectivity index (χ2n) is 5.54. The van der Waals surface area contributed by atoms with E-state index in [1.807, 2.05) is 12.1 Å². The third-order valence-electron chi connectivity index (χ3n) is 3.78. The van der Waals surface area contributed by atoms with Gasteiger partial charge in [-0.15, -0.1) is 11.3 Å². The molecule has 0 unspecified atom stereocenters. The molecule has 1 fully saturated rings. The van der Waals surface area contributed by atoms with Crippen molar-refractivity contribution in [3.63, 3.8) is 0 Å². The third-order valence-corrected chi connectivity index (χ3v) is 5.62. The number of carboxylic acid groups (broad SMARTS) is 1. The molecule has 0 spiro atoms. The molecule has 0 atom stereocenters. The number of carbonyl (C=O) groups is 1. The van der Waals surface area contributed by atoms with E-state index in [0.717, 1.165) is 49.7 Å². The van der Waals surface area contributed by atoms with Crippen molar-refractivity contribution in [3.8, 4) is 5.75 Å². The van der Waals surface area contributed by atoms with Crippen molar-refractivity contribution in [3.05, 3.63) is 50.1 Å². The van der Waals surface area contributed by atoms with Gasteiger partial charge in [-0.05, 0) is 27.1 Å². The molecule has 1 aliphatic rings. The first-order valence-corrected chi connectivity index (χ1v) is 9.32. The Labute approximate surface area is 152 Å². The average Bonchev–Trinajstić information content (AvgIpc) is 2.95. The van der Waals surface area contributed by atoms with Crippen molar-refractivity contribution >= 4 is 33.2 Å². The van der Waals surface area contributed by atoms with Crippen LogP contribution < -0.4 is 4.74 Å². The molecule has 3 rings (SSSR count). The first-order valence-electron chi connectivity index (χ1n) is 7.64. The van der Waals surface area contributed by atoms with E-state index in [1.165, 1.54) is 5.56 Å². The number of rotatable bonds is 6. The van der Waals surface area contributed by atoms with Gasteiger partial charge >= 0.3 is 5.97 Å². The summed E-state index contributed by atoms with van der Waals surface area (Å²) in [5, 5.41) is 10.9. The molecule has 1 aromatic carbocycles. The zero-order chi connectivity index (χ0) is 16.9. The van der Waals surface area contributed by atoms with Gasteiger partial charge in [0.25, 0.3) is 0 Å². The molecule has 24 heavy (non-hydrogen) atoms. The average molecular weight is 412 g/mol. The molecule has 1 aliphatic heterocycles. The highest BCUT2D eigenvalue weighted by molar-refractivity contribution is 9.10. The minimum atomic E-state index is -0.971. The lowest BCUT2D eigenvalue weighted by Crippen LogP contribution is -2.35. The van der Waals surface area contributed by atoms with Crippen LogP contribution in [-0.4, -0.2) is 42.3 Å². The number of hydrogen-bond donors (Lipinski definition) is 1. The van der Waals surface area contributed by atoms with E-state index in [2.05, 4.69) is 33.0 Å². The van der Waals surface area contributed by atoms with Gasteiger partial charge in [0.05, 0.1) is 17.7 Å². The van der Waals surface area contributed by atoms with Crippen LogP contribution >= 0.6 is 27.3 Å². The first-order chi connectivity index (χ1) is 11.6. The molecule has 7 heteroatoms. The van der Waals surface area contributed by atoms with Gasteiger partial charge in [-0.1, -0.05) is 24.3 Å². The van der Waals surface area contributed by atoms with Crippen molar-refractivity contribution in [1.29, 1.82) is 0 Å². The van der Waals surface area contributed by atoms with Gasteiger partial charge in [0.2, 0.25) is 0 Å². The van der Waals surface area contributed by atoms with Gasteiger partial charge in [-0.25, -0.2) is 4.79 Å². The summed E-state index contributed by atoms with van der Waals surface area (Å²) in [6.07, 6.45) is 0. The van der Waals surface area contributed by atoms with Crippen LogP contribution in [0, 0.1) is 0 Å². The zero-order valence-electron chi connectivity index (χ0n) is 13.0. The minimum absolute atomic E-state index is 0.214. The fourth-order valence-corrected chi connectivity index (χ4v) is 4.03. The lowest BCUT2D eigenvalue weighted by Gasteiger charge is -2.26. The summed E-state index contributed by atoms with van der Waals surface area (Å²) in [5.41, 5.74) is 2.25. The second-order valence-corrected chi connectivity index (χ2v) is 7.28. The summed E-state index contributed by atoms with van der Waals surface area (Å²) in [7, 11) is 0. The van der Waals surface area contributed by atoms with Gasteiger partial charge < -0.3 is 14.6 Å². The Bertz CT molecular complexity index is 712. The molecule has 2 aromatic rings. The quantitative estimate of drug-likeness (QED) is 0.786. The van der Waals surface area contributed by atoms with Crippen LogP contribution in [0.25, 0.3) is 0 Å². The molecule has 0 aliphatic carbocycles. The van der Waals surface area contributed by atoms with Crippen LogP contribution in [0.1, 0.15) is 20.8 Å². The number of aromatic carboxylic acids is 1. The fourth-order valence-electron chi connectivity index (χ4n) is 2.60. The Morgan fingerprint density at radius 2 is 2.08 bits per heavy atom. The highest BCUT2D eigenvalue weighted by atomic mass is 79.9. The second kappa shape index (κ2) is 8.11. The largest absolute Gasteiger partial charge is 0.486 e. The van der Waals surface area contributed by atoms with Crippen molar-refractivity contribution < 1.29 is 19.4 Å². The minimum Gasteiger partial charge on any atom is -0.486 e. The Balaban J connectivity index is 1.64. The number of morpholine rings is 1. The van der Waals surface area contributed by atoms with Gasteiger partial charge in [-0.3, -0.25) is 4.90 Å². The van der Waals surface area contributed by atoms with Crippen LogP contribution in [0.4, 0.5) is 0 Å². The van der Waals surface area contributed by atoms with E-state index in [-0.39, 0.29) is 4.88 Å². The number of halogens is 1. The van der Waals surface area contributed by atoms with Crippen LogP contribution in [0.2, 0.25) is 0 Å². The first kappa shape index (κ1) is 17.4. The highest BCUT2D eigenvalue weighted by Crippen LogP contribution is 2.35. The number of thiophene rings is 1. The van der Waals surface area contributed by atoms with Crippen LogP contribution in [0.15, 0.2) is 34.1 Å². The van der Waals surface area contributed by atoms with Gasteiger partial charge in [0.1, 0.15) is 6.61 Å². The van der Waals surface area contributed by atoms with Crippen LogP contribution in [-0.2, 0) is 17.9 Å². The van der Waals surface area contributed by atoms with Crippen molar-refractivity contribution in [2.45, 2.75) is 13.2 Å². The molecular formula is C17H18BrNO4S. The summed E-state index contributed by atoms with van der Waals surface area (Å²) >= 11 is 4.50. The Kier molecular flexibility index (Phi) is 5.89. The van der Waals surface area contributed by atoms with Crippen LogP contribution in [0.3, 0.4) is 0 Å². The van der Waals surface area contributed by atoms with Gasteiger partial charge in [-0.2, -0.15) is 0 Å². The van der Waals surface area contributed by atoms with E-state index >= 15 is 0 Å². The summed E-state index contributed by atoms with van der Waals surface area (Å²) in [4.78, 5) is 13.8. The molecule has 0 bridgehead atoms. The smallest absolute Gasteiger partial charge is 0.349 e. The molecule has 1 aromatic heterocycles. The predicted molar refractivity (Wildman–Crippen MR) is 95.8 cm³/mol. The molecule has 0 saturated carbocycles. The van der Waals surface area contributed by atoms with Gasteiger partial charge in [0.15, 0.2) is 10.6 Å². The number of nitrogens with zero attached hydrogens (tertiary/aromatic N) is 1. The molecule has 5 nitrogen and oxygen atoms in total. The maximum absolute atomic E-state index is 11.2. The van der Waals surface area contributed by atoms with Crippen molar-refractivity contribution in [2.75, 3.05) is 26.3 Å². The molecule has 0 radical (unpaired) electrons. The monoisotopic (exact) mass is 411 g/mol. The summed E-state index contributed by atoms with van der Waals surface area (Å²) in [6.45, 7) is 4.70. The Hall–Kier alpha value is -1.41. The van der Waals surface area contributed by atoms with E-state index in [4.69, 9.17) is 9.47 Å². The van der Waals surface area contributed by atoms with E-state index in [0.29, 0.717) is 16.8 Å². The molecule has 0 amide bonds. The summed E-state index contributed by atoms with van der Waals surface area (Å²) < 4.78 is 11.8. The number of carboxylic acids is 1. The fraction of sp³-hybridized carbons (Fsp3) is 0.353. The molecule has 128 valence electrons. The SMILES string of the molecule is O=C(O)c1scc(Br)c1OCc1cccc(CN2CCOCC2)c1.